The number of hydrogen-bond acceptors (Lipinski definition) is 17. The molecule has 0 aliphatic rings. The third-order valence-corrected chi connectivity index (χ3v) is 10.3. The average molecular weight is 943 g/mol. The molecule has 3 aromatic rings. The molecule has 66 heavy (non-hydrogen) atoms. The Balaban J connectivity index is 1.66. The van der Waals surface area contributed by atoms with Gasteiger partial charge >= 0.3 is 23.9 Å². The minimum absolute atomic E-state index is 0.0150. The number of nitrogens with zero attached hydrogens (tertiary/aromatic N) is 4. The van der Waals surface area contributed by atoms with Crippen LogP contribution in [0.1, 0.15) is 67.4 Å². The topological polar surface area (TPSA) is 445 Å². The van der Waals surface area contributed by atoms with Gasteiger partial charge in [0, 0.05) is 48.7 Å². The van der Waals surface area contributed by atoms with Gasteiger partial charge in [0.15, 0.2) is 28.7 Å². The van der Waals surface area contributed by atoms with Crippen molar-refractivity contribution >= 4 is 93.7 Å². The Labute approximate surface area is 378 Å². The first-order valence-electron chi connectivity index (χ1n) is 19.9. The summed E-state index contributed by atoms with van der Waals surface area (Å²) in [6.45, 7) is 0.0831. The van der Waals surface area contributed by atoms with Crippen LogP contribution in [0.4, 0.5) is 11.6 Å². The average Bonchev–Trinajstić information content (AvgIpc) is 3.24. The molecule has 0 unspecified atom stereocenters. The standard InChI is InChI=1S/C39H50N12O14S/c1-66-17-20(36(62)63)12-27(53)25(14-30(57)58)49-34(60)19(3-2-10-43-38(40)41)11-26(52)24(13-29(55)56)47-28(54)9-8-23(37(64)65)48-33(59)18-4-6-21(7-5-18)44-15-22-16-45-32-31(46-22)35(61)51-39(42)50-32/h4-7,16,19-20,23-25,44H,2-3,8-15,17H2,1H3,(H,47,54)(H,48,59)(H,49,60)(H,55,56)(H,57,58)(H,62,63)(H,64,65)(H4,40,41,43)(H3,42,45,50,51,61)/t19-,20+,23+,24+,25+/m1/s1. The first kappa shape index (κ1) is 52.6. The molecule has 2 aromatic heterocycles. The number of aromatic nitrogens is 4. The second-order valence-corrected chi connectivity index (χ2v) is 15.6. The maximum atomic E-state index is 13.6. The molecule has 0 radical (unpaired) electrons. The number of thioether (sulfide) groups is 1. The summed E-state index contributed by atoms with van der Waals surface area (Å²) in [5, 5.41) is 48.2. The summed E-state index contributed by atoms with van der Waals surface area (Å²) in [5.74, 6) is -13.5. The van der Waals surface area contributed by atoms with Crippen LogP contribution in [-0.4, -0.2) is 136 Å². The lowest BCUT2D eigenvalue weighted by atomic mass is 9.91. The van der Waals surface area contributed by atoms with Gasteiger partial charge in [-0.05, 0) is 49.8 Å². The number of fused-ring (bicyclic) bond motifs is 1. The summed E-state index contributed by atoms with van der Waals surface area (Å²) in [5.41, 5.74) is 16.6. The van der Waals surface area contributed by atoms with Crippen LogP contribution in [0.3, 0.4) is 0 Å². The fourth-order valence-corrected chi connectivity index (χ4v) is 6.88. The van der Waals surface area contributed by atoms with E-state index in [1.165, 1.54) is 30.5 Å². The number of guanidine groups is 1. The Morgan fingerprint density at radius 2 is 1.41 bits per heavy atom. The number of aliphatic carboxylic acids is 4. The van der Waals surface area contributed by atoms with Crippen LogP contribution in [0, 0.1) is 11.8 Å². The van der Waals surface area contributed by atoms with E-state index in [1.54, 1.807) is 6.26 Å². The van der Waals surface area contributed by atoms with E-state index in [2.05, 4.69) is 46.2 Å². The van der Waals surface area contributed by atoms with Crippen LogP contribution in [0.15, 0.2) is 40.2 Å². The molecular weight excluding hydrogens is 893 g/mol. The highest BCUT2D eigenvalue weighted by Gasteiger charge is 2.34. The minimum atomic E-state index is -1.75. The Morgan fingerprint density at radius 1 is 0.788 bits per heavy atom. The van der Waals surface area contributed by atoms with Crippen molar-refractivity contribution in [2.24, 2.45) is 28.3 Å². The van der Waals surface area contributed by atoms with Crippen molar-refractivity contribution in [3.05, 3.63) is 52.1 Å². The summed E-state index contributed by atoms with van der Waals surface area (Å²) in [6.07, 6.45) is -1.46. The first-order valence-corrected chi connectivity index (χ1v) is 21.3. The molecule has 0 saturated heterocycles. The van der Waals surface area contributed by atoms with Crippen LogP contribution in [0.5, 0.6) is 0 Å². The van der Waals surface area contributed by atoms with E-state index in [-0.39, 0.29) is 60.3 Å². The quantitative estimate of drug-likeness (QED) is 0.0213. The molecule has 5 atom stereocenters. The number of hydrogen-bond donors (Lipinski definition) is 12. The highest BCUT2D eigenvalue weighted by atomic mass is 32.2. The highest BCUT2D eigenvalue weighted by Crippen LogP contribution is 2.19. The van der Waals surface area contributed by atoms with Crippen LogP contribution in [0.2, 0.25) is 0 Å². The van der Waals surface area contributed by atoms with Crippen LogP contribution < -0.4 is 44.0 Å². The molecule has 3 amide bonds. The Morgan fingerprint density at radius 3 is 1.98 bits per heavy atom. The molecule has 0 fully saturated rings. The Bertz CT molecular complexity index is 2380. The number of rotatable bonds is 29. The van der Waals surface area contributed by atoms with E-state index in [0.29, 0.717) is 11.4 Å². The fraction of sp³-hybridized carbons (Fsp3) is 0.436. The lowest BCUT2D eigenvalue weighted by Gasteiger charge is -2.23. The summed E-state index contributed by atoms with van der Waals surface area (Å²) in [4.78, 5) is 144. The molecule has 0 spiro atoms. The van der Waals surface area contributed by atoms with Crippen LogP contribution in [-0.2, 0) is 44.9 Å². The number of carbonyl (C=O) groups excluding carboxylic acids is 5. The second-order valence-electron chi connectivity index (χ2n) is 14.7. The zero-order valence-corrected chi connectivity index (χ0v) is 36.2. The maximum Gasteiger partial charge on any atom is 0.326 e. The molecule has 26 nitrogen and oxygen atoms in total. The number of Topliss-reactive ketones (excluding diaryl/α,β-unsaturated/α-hetero) is 2. The Kier molecular flexibility index (Phi) is 20.4. The highest BCUT2D eigenvalue weighted by molar-refractivity contribution is 7.98. The van der Waals surface area contributed by atoms with Gasteiger partial charge in [-0.15, -0.1) is 0 Å². The van der Waals surface area contributed by atoms with Crippen molar-refractivity contribution < 1.29 is 63.6 Å². The van der Waals surface area contributed by atoms with E-state index >= 15 is 0 Å². The van der Waals surface area contributed by atoms with Gasteiger partial charge in [-0.3, -0.25) is 53.1 Å². The number of amides is 3. The van der Waals surface area contributed by atoms with E-state index in [4.69, 9.17) is 17.2 Å². The number of nitrogen functional groups attached to an aromatic ring is 1. The molecule has 0 saturated carbocycles. The number of carbonyl (C=O) groups is 9. The van der Waals surface area contributed by atoms with Gasteiger partial charge in [-0.1, -0.05) is 0 Å². The summed E-state index contributed by atoms with van der Waals surface area (Å²) >= 11 is 1.13. The second kappa shape index (κ2) is 25.5. The predicted octanol–water partition coefficient (Wildman–Crippen LogP) is -1.56. The monoisotopic (exact) mass is 942 g/mol. The smallest absolute Gasteiger partial charge is 0.326 e. The zero-order chi connectivity index (χ0) is 49.1. The molecule has 2 heterocycles. The largest absolute Gasteiger partial charge is 0.481 e. The lowest BCUT2D eigenvalue weighted by molar-refractivity contribution is -0.144. The van der Waals surface area contributed by atoms with Gasteiger partial charge in [0.2, 0.25) is 17.8 Å². The van der Waals surface area contributed by atoms with Crippen molar-refractivity contribution in [3.63, 3.8) is 0 Å². The SMILES string of the molecule is CSC[C@H](CC(=O)[C@H](CC(=O)O)NC(=O)[C@H](CCCN=C(N)N)CC(=O)[C@H](CC(=O)O)NC(=O)CC[C@H](NC(=O)c1ccc(NCc2cnc3nc(N)[nH]c(=O)c3n2)cc1)C(=O)O)C(=O)O. The third-order valence-electron chi connectivity index (χ3n) is 9.54. The van der Waals surface area contributed by atoms with Gasteiger partial charge in [0.25, 0.3) is 11.5 Å². The van der Waals surface area contributed by atoms with Crippen LogP contribution >= 0.6 is 11.8 Å². The summed E-state index contributed by atoms with van der Waals surface area (Å²) < 4.78 is 0. The summed E-state index contributed by atoms with van der Waals surface area (Å²) in [6, 6.07) is 0.722. The molecule has 27 heteroatoms. The summed E-state index contributed by atoms with van der Waals surface area (Å²) in [7, 11) is 0. The fourth-order valence-electron chi connectivity index (χ4n) is 6.22. The van der Waals surface area contributed by atoms with E-state index < -0.39 is 127 Å². The molecular formula is C39H50N12O14S. The van der Waals surface area contributed by atoms with Gasteiger partial charge in [-0.25, -0.2) is 14.8 Å². The van der Waals surface area contributed by atoms with Crippen LogP contribution in [0.25, 0.3) is 11.2 Å². The molecule has 3 rings (SSSR count). The van der Waals surface area contributed by atoms with E-state index in [0.717, 1.165) is 11.8 Å². The number of anilines is 2. The van der Waals surface area contributed by atoms with Crippen molar-refractivity contribution in [1.82, 2.24) is 35.9 Å². The van der Waals surface area contributed by atoms with Crippen molar-refractivity contribution in [2.75, 3.05) is 29.6 Å². The number of nitrogens with two attached hydrogens (primary N) is 3. The molecule has 1 aromatic carbocycles. The number of carboxylic acid groups (broad SMARTS) is 4. The van der Waals surface area contributed by atoms with Crippen molar-refractivity contribution in [3.8, 4) is 0 Å². The number of H-pyrrole nitrogens is 1. The molecule has 0 bridgehead atoms. The van der Waals surface area contributed by atoms with Gasteiger partial charge in [0.1, 0.15) is 6.04 Å². The van der Waals surface area contributed by atoms with Gasteiger partial charge in [0.05, 0.1) is 49.3 Å². The zero-order valence-electron chi connectivity index (χ0n) is 35.4. The number of aromatic amines is 1. The van der Waals surface area contributed by atoms with E-state index in [1.807, 2.05) is 0 Å². The molecule has 15 N–H and O–H groups in total. The molecule has 0 aliphatic carbocycles. The maximum absolute atomic E-state index is 13.6. The number of ketones is 2. The van der Waals surface area contributed by atoms with E-state index in [9.17, 15) is 68.4 Å². The number of benzene rings is 1. The normalized spacial score (nSPS) is 13.2. The molecule has 0 aliphatic heterocycles. The third kappa shape index (κ3) is 17.5. The number of nitrogens with one attached hydrogen (secondary N) is 5. The Hall–Kier alpha value is -7.71. The molecule has 356 valence electrons. The minimum Gasteiger partial charge on any atom is -0.481 e. The predicted molar refractivity (Wildman–Crippen MR) is 235 cm³/mol. The number of carboxylic acids is 4. The first-order chi connectivity index (χ1) is 31.2. The number of aliphatic imine (C=N–C) groups is 1. The van der Waals surface area contributed by atoms with Crippen molar-refractivity contribution in [1.29, 1.82) is 0 Å². The van der Waals surface area contributed by atoms with Gasteiger partial charge < -0.3 is 58.9 Å². The van der Waals surface area contributed by atoms with Gasteiger partial charge in [-0.2, -0.15) is 16.7 Å². The van der Waals surface area contributed by atoms with Crippen molar-refractivity contribution in [2.45, 2.75) is 76.0 Å². The lowest BCUT2D eigenvalue weighted by Crippen LogP contribution is -2.48.